The first kappa shape index (κ1) is 28.6. The lowest BCUT2D eigenvalue weighted by Gasteiger charge is -2.19. The van der Waals surface area contributed by atoms with Crippen molar-refractivity contribution in [2.24, 2.45) is 23.4 Å². The predicted octanol–water partition coefficient (Wildman–Crippen LogP) is -7.13. The molecule has 0 aromatic heterocycles. The third kappa shape index (κ3) is 11.1. The standard InChI is InChI=1S/C15H31N11O6/c16-7(13(30)22-9(15(32)26-20)3-6-12(29)24-18)1-4-10(27)21-8(14(31)25-19)2-5-11(28)23-17/h7-9H,1-6,16-20H2,(H,21,27)(H,22,30)(H,23,28)(H,24,29)(H,25,31)(H,26,32)/p+1/t7-,8-,9-/m0/s1. The summed E-state index contributed by atoms with van der Waals surface area (Å²) in [5.41, 5.74) is 11.2. The first-order valence-electron chi connectivity index (χ1n) is 9.52. The van der Waals surface area contributed by atoms with E-state index in [1.807, 2.05) is 21.7 Å². The highest BCUT2D eigenvalue weighted by molar-refractivity contribution is 5.90. The molecule has 0 bridgehead atoms. The number of carbonyl (C=O) groups is 6. The molecule has 0 aromatic carbocycles. The molecule has 182 valence electrons. The van der Waals surface area contributed by atoms with Crippen LogP contribution in [0.5, 0.6) is 0 Å². The molecule has 32 heavy (non-hydrogen) atoms. The number of hydrogen-bond acceptors (Lipinski definition) is 10. The highest BCUT2D eigenvalue weighted by Gasteiger charge is 2.27. The topological polar surface area (TPSA) is 306 Å². The maximum Gasteiger partial charge on any atom is 0.278 e. The van der Waals surface area contributed by atoms with Gasteiger partial charge in [0.05, 0.1) is 0 Å². The zero-order valence-corrected chi connectivity index (χ0v) is 17.4. The summed E-state index contributed by atoms with van der Waals surface area (Å²) in [6, 6.07) is -3.15. The maximum absolute atomic E-state index is 12.3. The SMILES string of the molecule is NNC(=O)CC[C@H](NC(=O)CC[C@H]([NH3+])C(=O)N[C@@H](CCC(=O)NN)C(=O)NN)C(=O)NN. The number of amides is 6. The van der Waals surface area contributed by atoms with Gasteiger partial charge in [0, 0.05) is 25.7 Å². The second-order valence-electron chi connectivity index (χ2n) is 6.65. The Morgan fingerprint density at radius 2 is 0.969 bits per heavy atom. The molecule has 0 rings (SSSR count). The molecule has 6 amide bonds. The van der Waals surface area contributed by atoms with Crippen molar-refractivity contribution in [1.29, 1.82) is 0 Å². The zero-order valence-electron chi connectivity index (χ0n) is 17.4. The van der Waals surface area contributed by atoms with E-state index in [1.165, 1.54) is 0 Å². The molecule has 0 radical (unpaired) electrons. The third-order valence-electron chi connectivity index (χ3n) is 4.30. The number of hydrogen-bond donors (Lipinski definition) is 11. The molecule has 0 saturated heterocycles. The molecule has 17 heteroatoms. The van der Waals surface area contributed by atoms with Crippen molar-refractivity contribution in [2.45, 2.75) is 56.7 Å². The molecule has 0 aromatic rings. The van der Waals surface area contributed by atoms with Gasteiger partial charge < -0.3 is 16.4 Å². The van der Waals surface area contributed by atoms with Crippen molar-refractivity contribution in [1.82, 2.24) is 32.3 Å². The monoisotopic (exact) mass is 462 g/mol. The van der Waals surface area contributed by atoms with Gasteiger partial charge in [-0.15, -0.1) is 0 Å². The third-order valence-corrected chi connectivity index (χ3v) is 4.30. The molecule has 0 aliphatic carbocycles. The minimum Gasteiger partial charge on any atom is -0.347 e. The normalized spacial score (nSPS) is 13.0. The summed E-state index contributed by atoms with van der Waals surface area (Å²) in [5, 5.41) is 4.80. The highest BCUT2D eigenvalue weighted by atomic mass is 16.2. The number of nitrogens with one attached hydrogen (secondary N) is 6. The van der Waals surface area contributed by atoms with Gasteiger partial charge in [-0.3, -0.25) is 50.5 Å². The fourth-order valence-corrected chi connectivity index (χ4v) is 2.43. The molecule has 0 fully saturated rings. The van der Waals surface area contributed by atoms with Crippen molar-refractivity contribution in [3.8, 4) is 0 Å². The van der Waals surface area contributed by atoms with E-state index in [2.05, 4.69) is 16.4 Å². The molecule has 17 nitrogen and oxygen atoms in total. The van der Waals surface area contributed by atoms with Gasteiger partial charge in [-0.05, 0) is 12.8 Å². The summed E-state index contributed by atoms with van der Waals surface area (Å²) >= 11 is 0. The van der Waals surface area contributed by atoms with Crippen molar-refractivity contribution in [3.05, 3.63) is 0 Å². The van der Waals surface area contributed by atoms with E-state index >= 15 is 0 Å². The second kappa shape index (κ2) is 15.4. The Labute approximate surface area is 183 Å². The minimum absolute atomic E-state index is 0.0296. The van der Waals surface area contributed by atoms with Crippen LogP contribution >= 0.6 is 0 Å². The lowest BCUT2D eigenvalue weighted by atomic mass is 10.1. The van der Waals surface area contributed by atoms with Gasteiger partial charge in [0.1, 0.15) is 12.1 Å². The van der Waals surface area contributed by atoms with E-state index in [0.29, 0.717) is 0 Å². The molecule has 3 atom stereocenters. The predicted molar refractivity (Wildman–Crippen MR) is 108 cm³/mol. The molecule has 0 heterocycles. The van der Waals surface area contributed by atoms with E-state index < -0.39 is 53.6 Å². The number of quaternary nitrogens is 1. The van der Waals surface area contributed by atoms with Crippen LogP contribution in [0.15, 0.2) is 0 Å². The Kier molecular flexibility index (Phi) is 13.8. The lowest BCUT2D eigenvalue weighted by Crippen LogP contribution is -2.69. The summed E-state index contributed by atoms with van der Waals surface area (Å²) in [5.74, 6) is 16.3. The van der Waals surface area contributed by atoms with Gasteiger partial charge >= 0.3 is 0 Å². The molecular weight excluding hydrogens is 430 g/mol. The van der Waals surface area contributed by atoms with Crippen LogP contribution in [0.25, 0.3) is 0 Å². The summed E-state index contributed by atoms with van der Waals surface area (Å²) in [4.78, 5) is 70.5. The second-order valence-corrected chi connectivity index (χ2v) is 6.65. The molecule has 0 aliphatic heterocycles. The molecule has 0 saturated carbocycles. The Bertz CT molecular complexity index is 689. The zero-order chi connectivity index (χ0) is 24.7. The van der Waals surface area contributed by atoms with Crippen molar-refractivity contribution < 1.29 is 34.5 Å². The van der Waals surface area contributed by atoms with E-state index in [-0.39, 0.29) is 38.5 Å². The van der Waals surface area contributed by atoms with Crippen LogP contribution < -0.4 is 61.4 Å². The summed E-state index contributed by atoms with van der Waals surface area (Å²) in [6.07, 6.45) is -0.635. The van der Waals surface area contributed by atoms with Gasteiger partial charge in [-0.25, -0.2) is 23.4 Å². The van der Waals surface area contributed by atoms with Gasteiger partial charge in [-0.2, -0.15) is 0 Å². The van der Waals surface area contributed by atoms with Gasteiger partial charge in [0.2, 0.25) is 17.7 Å². The van der Waals surface area contributed by atoms with Crippen LogP contribution in [0.2, 0.25) is 0 Å². The van der Waals surface area contributed by atoms with E-state index in [4.69, 9.17) is 23.4 Å². The van der Waals surface area contributed by atoms with Crippen molar-refractivity contribution >= 4 is 35.4 Å². The van der Waals surface area contributed by atoms with Crippen molar-refractivity contribution in [2.75, 3.05) is 0 Å². The van der Waals surface area contributed by atoms with Crippen LogP contribution in [-0.4, -0.2) is 53.6 Å². The summed E-state index contributed by atoms with van der Waals surface area (Å²) in [7, 11) is 0. The Morgan fingerprint density at radius 1 is 0.562 bits per heavy atom. The Hall–Kier alpha value is -3.38. The van der Waals surface area contributed by atoms with Crippen LogP contribution in [0.3, 0.4) is 0 Å². The lowest BCUT2D eigenvalue weighted by molar-refractivity contribution is -0.405. The van der Waals surface area contributed by atoms with Gasteiger partial charge in [-0.1, -0.05) is 0 Å². The van der Waals surface area contributed by atoms with Crippen molar-refractivity contribution in [3.63, 3.8) is 0 Å². The fourth-order valence-electron chi connectivity index (χ4n) is 2.43. The molecule has 0 aliphatic rings. The summed E-state index contributed by atoms with van der Waals surface area (Å²) < 4.78 is 0. The number of nitrogens with two attached hydrogens (primary N) is 4. The number of carbonyl (C=O) groups excluding carboxylic acids is 6. The summed E-state index contributed by atoms with van der Waals surface area (Å²) in [6.45, 7) is 0. The van der Waals surface area contributed by atoms with Crippen LogP contribution in [0.1, 0.15) is 38.5 Å². The fraction of sp³-hybridized carbons (Fsp3) is 0.600. The first-order chi connectivity index (χ1) is 15.1. The molecular formula is C15H32N11O6+. The van der Waals surface area contributed by atoms with Crippen LogP contribution in [0, 0.1) is 0 Å². The Morgan fingerprint density at radius 3 is 1.38 bits per heavy atom. The average Bonchev–Trinajstić information content (AvgIpc) is 2.80. The van der Waals surface area contributed by atoms with Gasteiger partial charge in [0.15, 0.2) is 6.04 Å². The number of rotatable bonds is 14. The average molecular weight is 462 g/mol. The molecule has 0 spiro atoms. The largest absolute Gasteiger partial charge is 0.347 e. The quantitative estimate of drug-likeness (QED) is 0.0657. The van der Waals surface area contributed by atoms with Crippen LogP contribution in [-0.2, 0) is 28.8 Å². The number of hydrazine groups is 4. The highest BCUT2D eigenvalue weighted by Crippen LogP contribution is 2.02. The smallest absolute Gasteiger partial charge is 0.278 e. The first-order valence-corrected chi connectivity index (χ1v) is 9.52. The van der Waals surface area contributed by atoms with E-state index in [0.717, 1.165) is 0 Å². The maximum atomic E-state index is 12.3. The van der Waals surface area contributed by atoms with E-state index in [1.54, 1.807) is 0 Å². The van der Waals surface area contributed by atoms with E-state index in [9.17, 15) is 28.8 Å². The Balaban J connectivity index is 4.75. The molecule has 17 N–H and O–H groups in total. The van der Waals surface area contributed by atoms with Crippen LogP contribution in [0.4, 0.5) is 0 Å². The minimum atomic E-state index is -1.12. The molecule has 0 unspecified atom stereocenters. The van der Waals surface area contributed by atoms with Gasteiger partial charge in [0.25, 0.3) is 17.7 Å².